The first-order valence-electron chi connectivity index (χ1n) is 13.2. The third-order valence-electron chi connectivity index (χ3n) is 7.51. The van der Waals surface area contributed by atoms with E-state index in [-0.39, 0.29) is 33.0 Å². The number of benzene rings is 3. The Bertz CT molecular complexity index is 1280. The highest BCUT2D eigenvalue weighted by Gasteiger charge is 2.31. The molecule has 0 N–H and O–H groups in total. The zero-order valence-corrected chi connectivity index (χ0v) is 24.1. The van der Waals surface area contributed by atoms with Gasteiger partial charge in [-0.05, 0) is 36.4 Å². The Morgan fingerprint density at radius 1 is 0.600 bits per heavy atom. The third-order valence-corrected chi connectivity index (χ3v) is 8.23. The van der Waals surface area contributed by atoms with Crippen molar-refractivity contribution >= 4 is 46.4 Å². The van der Waals surface area contributed by atoms with E-state index < -0.39 is 0 Å². The van der Waals surface area contributed by atoms with Gasteiger partial charge in [0.25, 0.3) is 11.8 Å². The van der Waals surface area contributed by atoms with Crippen molar-refractivity contribution in [1.29, 1.82) is 0 Å². The number of hydrogen-bond donors (Lipinski definition) is 0. The number of piperazine rings is 2. The van der Waals surface area contributed by atoms with Crippen molar-refractivity contribution < 1.29 is 19.1 Å². The van der Waals surface area contributed by atoms with Gasteiger partial charge in [0.1, 0.15) is 11.5 Å². The van der Waals surface area contributed by atoms with Gasteiger partial charge < -0.3 is 29.1 Å². The molecule has 8 nitrogen and oxygen atoms in total. The number of carbonyl (C=O) groups is 2. The van der Waals surface area contributed by atoms with Crippen molar-refractivity contribution in [3.63, 3.8) is 0 Å². The minimum atomic E-state index is -0.228. The minimum absolute atomic E-state index is 0.228. The molecule has 2 aliphatic heterocycles. The van der Waals surface area contributed by atoms with Gasteiger partial charge in [-0.3, -0.25) is 9.59 Å². The van der Waals surface area contributed by atoms with Crippen molar-refractivity contribution in [3.8, 4) is 11.5 Å². The van der Waals surface area contributed by atoms with E-state index in [9.17, 15) is 9.59 Å². The smallest absolute Gasteiger partial charge is 0.254 e. The van der Waals surface area contributed by atoms with Crippen LogP contribution in [-0.2, 0) is 0 Å². The van der Waals surface area contributed by atoms with Crippen LogP contribution in [0.5, 0.6) is 11.5 Å². The van der Waals surface area contributed by atoms with E-state index in [1.807, 2.05) is 48.5 Å². The molecule has 2 fully saturated rings. The van der Waals surface area contributed by atoms with Crippen LogP contribution >= 0.6 is 23.2 Å². The first-order valence-corrected chi connectivity index (χ1v) is 14.0. The van der Waals surface area contributed by atoms with Gasteiger partial charge in [-0.2, -0.15) is 0 Å². The quantitative estimate of drug-likeness (QED) is 0.410. The largest absolute Gasteiger partial charge is 0.495 e. The molecule has 0 saturated carbocycles. The van der Waals surface area contributed by atoms with E-state index in [0.29, 0.717) is 52.4 Å². The number of amides is 2. The second-order valence-corrected chi connectivity index (χ2v) is 10.5. The third kappa shape index (κ3) is 5.64. The molecule has 0 bridgehead atoms. The fourth-order valence-corrected chi connectivity index (χ4v) is 5.65. The predicted octanol–water partition coefficient (Wildman–Crippen LogP) is 4.94. The minimum Gasteiger partial charge on any atom is -0.495 e. The number of halogens is 2. The average molecular weight is 584 g/mol. The van der Waals surface area contributed by atoms with E-state index in [2.05, 4.69) is 9.80 Å². The normalized spacial score (nSPS) is 15.7. The van der Waals surface area contributed by atoms with Crippen LogP contribution in [0.4, 0.5) is 11.4 Å². The summed E-state index contributed by atoms with van der Waals surface area (Å²) in [6.07, 6.45) is 0. The van der Waals surface area contributed by atoms with Crippen LogP contribution in [-0.4, -0.2) is 88.2 Å². The van der Waals surface area contributed by atoms with Crippen LogP contribution in [0.3, 0.4) is 0 Å². The molecule has 210 valence electrons. The summed E-state index contributed by atoms with van der Waals surface area (Å²) in [7, 11) is 3.31. The fourth-order valence-electron chi connectivity index (χ4n) is 5.32. The molecule has 3 aromatic rings. The predicted molar refractivity (Wildman–Crippen MR) is 159 cm³/mol. The average Bonchev–Trinajstić information content (AvgIpc) is 3.01. The van der Waals surface area contributed by atoms with Crippen molar-refractivity contribution in [2.75, 3.05) is 76.4 Å². The molecule has 2 heterocycles. The van der Waals surface area contributed by atoms with Crippen molar-refractivity contribution in [3.05, 3.63) is 81.8 Å². The Morgan fingerprint density at radius 3 is 1.30 bits per heavy atom. The van der Waals surface area contributed by atoms with Gasteiger partial charge in [-0.25, -0.2) is 0 Å². The Labute approximate surface area is 244 Å². The number of carbonyl (C=O) groups excluding carboxylic acids is 2. The number of rotatable bonds is 6. The summed E-state index contributed by atoms with van der Waals surface area (Å²) in [6.45, 7) is 4.57. The summed E-state index contributed by atoms with van der Waals surface area (Å²) in [5.41, 5.74) is 2.54. The molecule has 0 aromatic heterocycles. The lowest BCUT2D eigenvalue weighted by Gasteiger charge is -2.38. The van der Waals surface area contributed by atoms with Crippen LogP contribution in [0.1, 0.15) is 20.7 Å². The van der Waals surface area contributed by atoms with E-state index in [4.69, 9.17) is 32.7 Å². The van der Waals surface area contributed by atoms with Gasteiger partial charge in [0.15, 0.2) is 0 Å². The zero-order valence-electron chi connectivity index (χ0n) is 22.6. The molecule has 3 aromatic carbocycles. The topological polar surface area (TPSA) is 65.6 Å². The SMILES string of the molecule is COc1ccccc1N1CCN(C(=O)c2cc(Cl)c(Cl)cc2C(=O)N2CCN(c3ccccc3OC)CC2)CC1. The second-order valence-electron chi connectivity index (χ2n) is 9.71. The number of ether oxygens (including phenoxy) is 2. The molecule has 2 aliphatic rings. The molecule has 0 aliphatic carbocycles. The molecule has 2 amide bonds. The van der Waals surface area contributed by atoms with Crippen LogP contribution in [0.2, 0.25) is 10.0 Å². The summed E-state index contributed by atoms with van der Waals surface area (Å²) in [4.78, 5) is 35.4. The molecule has 5 rings (SSSR count). The highest BCUT2D eigenvalue weighted by Crippen LogP contribution is 2.32. The van der Waals surface area contributed by atoms with E-state index >= 15 is 0 Å². The fraction of sp³-hybridized carbons (Fsp3) is 0.333. The maximum Gasteiger partial charge on any atom is 0.254 e. The lowest BCUT2D eigenvalue weighted by molar-refractivity contribution is 0.0707. The maximum absolute atomic E-state index is 13.7. The summed E-state index contributed by atoms with van der Waals surface area (Å²) in [5.74, 6) is 1.14. The highest BCUT2D eigenvalue weighted by atomic mass is 35.5. The molecule has 10 heteroatoms. The van der Waals surface area contributed by atoms with Gasteiger partial charge >= 0.3 is 0 Å². The molecular formula is C30H32Cl2N4O4. The van der Waals surface area contributed by atoms with Crippen molar-refractivity contribution in [2.45, 2.75) is 0 Å². The van der Waals surface area contributed by atoms with E-state index in [0.717, 1.165) is 22.9 Å². The molecule has 0 spiro atoms. The molecule has 0 unspecified atom stereocenters. The van der Waals surface area contributed by atoms with Gasteiger partial charge in [-0.15, -0.1) is 0 Å². The first-order chi connectivity index (χ1) is 19.4. The van der Waals surface area contributed by atoms with Gasteiger partial charge in [0, 0.05) is 52.4 Å². The second kappa shape index (κ2) is 12.3. The Morgan fingerprint density at radius 2 is 0.950 bits per heavy atom. The molecule has 40 heavy (non-hydrogen) atoms. The summed E-state index contributed by atoms with van der Waals surface area (Å²) in [5, 5.41) is 0.491. The number of methoxy groups -OCH3 is 2. The highest BCUT2D eigenvalue weighted by molar-refractivity contribution is 6.42. The van der Waals surface area contributed by atoms with Gasteiger partial charge in [0.2, 0.25) is 0 Å². The van der Waals surface area contributed by atoms with Crippen molar-refractivity contribution in [1.82, 2.24) is 9.80 Å². The van der Waals surface area contributed by atoms with Crippen LogP contribution in [0.15, 0.2) is 60.7 Å². The summed E-state index contributed by atoms with van der Waals surface area (Å²) in [6, 6.07) is 18.7. The van der Waals surface area contributed by atoms with E-state index in [1.165, 1.54) is 12.1 Å². The summed E-state index contributed by atoms with van der Waals surface area (Å²) < 4.78 is 11.0. The first kappa shape index (κ1) is 27.9. The molecular weight excluding hydrogens is 551 g/mol. The molecule has 0 atom stereocenters. The lowest BCUT2D eigenvalue weighted by Crippen LogP contribution is -2.50. The van der Waals surface area contributed by atoms with Crippen molar-refractivity contribution in [2.24, 2.45) is 0 Å². The van der Waals surface area contributed by atoms with E-state index in [1.54, 1.807) is 24.0 Å². The Hall–Kier alpha value is -3.62. The van der Waals surface area contributed by atoms with Gasteiger partial charge in [-0.1, -0.05) is 47.5 Å². The number of anilines is 2. The zero-order chi connectivity index (χ0) is 28.2. The molecule has 0 radical (unpaired) electrons. The monoisotopic (exact) mass is 582 g/mol. The lowest BCUT2D eigenvalue weighted by atomic mass is 10.0. The number of nitrogens with zero attached hydrogens (tertiary/aromatic N) is 4. The van der Waals surface area contributed by atoms with Crippen LogP contribution in [0, 0.1) is 0 Å². The Balaban J connectivity index is 1.30. The maximum atomic E-state index is 13.7. The number of para-hydroxylation sites is 4. The summed E-state index contributed by atoms with van der Waals surface area (Å²) >= 11 is 12.7. The van der Waals surface area contributed by atoms with Crippen LogP contribution in [0.25, 0.3) is 0 Å². The van der Waals surface area contributed by atoms with Crippen LogP contribution < -0.4 is 19.3 Å². The standard InChI is InChI=1S/C30H32Cl2N4O4/c1-39-27-9-5-3-7-25(27)33-11-15-35(16-12-33)29(37)21-19-23(31)24(32)20-22(21)30(38)36-17-13-34(14-18-36)26-8-4-6-10-28(26)40-2/h3-10,19-20H,11-18H2,1-2H3. The molecule has 2 saturated heterocycles. The number of hydrogen-bond acceptors (Lipinski definition) is 6. The Kier molecular flexibility index (Phi) is 8.57. The van der Waals surface area contributed by atoms with Gasteiger partial charge in [0.05, 0.1) is 46.8 Å².